The maximum atomic E-state index is 13.5. The van der Waals surface area contributed by atoms with Crippen LogP contribution in [0.5, 0.6) is 0 Å². The number of amides is 1. The van der Waals surface area contributed by atoms with E-state index in [-0.39, 0.29) is 11.3 Å². The molecule has 2 aromatic rings. The highest BCUT2D eigenvalue weighted by Crippen LogP contribution is 2.18. The number of rotatable bonds is 2. The Morgan fingerprint density at radius 2 is 2.16 bits per heavy atom. The van der Waals surface area contributed by atoms with Crippen molar-refractivity contribution in [2.24, 2.45) is 0 Å². The molecule has 0 radical (unpaired) electrons. The van der Waals surface area contributed by atoms with E-state index in [1.807, 2.05) is 0 Å². The summed E-state index contributed by atoms with van der Waals surface area (Å²) in [5, 5.41) is 2.99. The van der Waals surface area contributed by atoms with Crippen molar-refractivity contribution in [3.8, 4) is 0 Å². The average Bonchev–Trinajstić information content (AvgIpc) is 2.38. The van der Waals surface area contributed by atoms with E-state index in [1.165, 1.54) is 12.3 Å². The molecule has 0 aliphatic carbocycles. The molecule has 2 rings (SSSR count). The molecule has 4 nitrogen and oxygen atoms in total. The summed E-state index contributed by atoms with van der Waals surface area (Å²) in [4.78, 5) is 15.8. The third kappa shape index (κ3) is 3.00. The van der Waals surface area contributed by atoms with Gasteiger partial charge in [0.15, 0.2) is 0 Å². The second-order valence-corrected chi connectivity index (χ2v) is 4.42. The van der Waals surface area contributed by atoms with Crippen LogP contribution in [0.15, 0.2) is 30.5 Å². The Hall–Kier alpha value is -2.14. The van der Waals surface area contributed by atoms with Crippen LogP contribution in [-0.4, -0.2) is 10.9 Å². The lowest BCUT2D eigenvalue weighted by Gasteiger charge is -2.07. The van der Waals surface area contributed by atoms with Gasteiger partial charge in [-0.25, -0.2) is 9.37 Å². The number of nitrogens with one attached hydrogen (secondary N) is 1. The summed E-state index contributed by atoms with van der Waals surface area (Å²) in [6.07, 6.45) is 1.40. The molecule has 1 aromatic carbocycles. The van der Waals surface area contributed by atoms with Crippen LogP contribution in [0.1, 0.15) is 15.9 Å². The average molecular weight is 280 g/mol. The number of carbonyl (C=O) groups excluding carboxylic acids is 1. The van der Waals surface area contributed by atoms with Crippen LogP contribution in [0.25, 0.3) is 0 Å². The van der Waals surface area contributed by atoms with Gasteiger partial charge in [0, 0.05) is 23.0 Å². The summed E-state index contributed by atoms with van der Waals surface area (Å²) in [6, 6.07) is 5.70. The highest BCUT2D eigenvalue weighted by Gasteiger charge is 2.11. The van der Waals surface area contributed by atoms with Gasteiger partial charge in [-0.3, -0.25) is 4.79 Å². The second kappa shape index (κ2) is 5.24. The number of aromatic nitrogens is 1. The molecule has 0 aliphatic rings. The summed E-state index contributed by atoms with van der Waals surface area (Å²) in [7, 11) is 0. The third-order valence-electron chi connectivity index (χ3n) is 2.62. The van der Waals surface area contributed by atoms with Crippen LogP contribution >= 0.6 is 11.6 Å². The van der Waals surface area contributed by atoms with Gasteiger partial charge in [-0.1, -0.05) is 11.6 Å². The number of nitrogen functional groups attached to an aromatic ring is 1. The smallest absolute Gasteiger partial charge is 0.256 e. The fourth-order valence-electron chi connectivity index (χ4n) is 1.47. The number of anilines is 2. The SMILES string of the molecule is Cc1c(N)cc(C(=O)Nc2ccc(Cl)cn2)cc1F. The maximum absolute atomic E-state index is 13.5. The van der Waals surface area contributed by atoms with Gasteiger partial charge in [0.25, 0.3) is 5.91 Å². The Kier molecular flexibility index (Phi) is 3.66. The van der Waals surface area contributed by atoms with Crippen molar-refractivity contribution < 1.29 is 9.18 Å². The molecule has 3 N–H and O–H groups in total. The lowest BCUT2D eigenvalue weighted by Crippen LogP contribution is -2.14. The minimum absolute atomic E-state index is 0.136. The Balaban J connectivity index is 2.23. The summed E-state index contributed by atoms with van der Waals surface area (Å²) in [5.74, 6) is -0.677. The van der Waals surface area contributed by atoms with E-state index in [9.17, 15) is 9.18 Å². The molecule has 98 valence electrons. The zero-order valence-corrected chi connectivity index (χ0v) is 10.8. The molecule has 1 aromatic heterocycles. The van der Waals surface area contributed by atoms with E-state index in [2.05, 4.69) is 10.3 Å². The molecule has 0 unspecified atom stereocenters. The van der Waals surface area contributed by atoms with E-state index in [4.69, 9.17) is 17.3 Å². The quantitative estimate of drug-likeness (QED) is 0.830. The van der Waals surface area contributed by atoms with E-state index in [0.717, 1.165) is 6.07 Å². The normalized spacial score (nSPS) is 10.3. The number of pyridine rings is 1. The summed E-state index contributed by atoms with van der Waals surface area (Å²) < 4.78 is 13.5. The number of hydrogen-bond acceptors (Lipinski definition) is 3. The van der Waals surface area contributed by atoms with Crippen molar-refractivity contribution in [1.82, 2.24) is 4.98 Å². The number of nitrogens with two attached hydrogens (primary N) is 1. The Morgan fingerprint density at radius 3 is 2.74 bits per heavy atom. The van der Waals surface area contributed by atoms with Crippen molar-refractivity contribution in [1.29, 1.82) is 0 Å². The van der Waals surface area contributed by atoms with Gasteiger partial charge in [-0.05, 0) is 31.2 Å². The summed E-state index contributed by atoms with van der Waals surface area (Å²) in [6.45, 7) is 1.55. The third-order valence-corrected chi connectivity index (χ3v) is 2.84. The Morgan fingerprint density at radius 1 is 1.42 bits per heavy atom. The van der Waals surface area contributed by atoms with Gasteiger partial charge in [0.05, 0.1) is 5.02 Å². The topological polar surface area (TPSA) is 68.0 Å². The van der Waals surface area contributed by atoms with Gasteiger partial charge < -0.3 is 11.1 Å². The largest absolute Gasteiger partial charge is 0.398 e. The van der Waals surface area contributed by atoms with E-state index in [1.54, 1.807) is 19.1 Å². The summed E-state index contributed by atoms with van der Waals surface area (Å²) in [5.41, 5.74) is 6.31. The number of benzene rings is 1. The molecule has 1 amide bonds. The van der Waals surface area contributed by atoms with Crippen LogP contribution in [0.3, 0.4) is 0 Å². The monoisotopic (exact) mass is 279 g/mol. The molecular formula is C13H11ClFN3O. The molecule has 0 saturated carbocycles. The number of halogens is 2. The molecule has 0 spiro atoms. The predicted molar refractivity (Wildman–Crippen MR) is 72.7 cm³/mol. The zero-order chi connectivity index (χ0) is 14.0. The molecule has 1 heterocycles. The number of nitrogens with zero attached hydrogens (tertiary/aromatic N) is 1. The van der Waals surface area contributed by atoms with Gasteiger partial charge in [0.2, 0.25) is 0 Å². The first-order chi connectivity index (χ1) is 8.97. The molecule has 0 saturated heterocycles. The van der Waals surface area contributed by atoms with Crippen LogP contribution in [-0.2, 0) is 0 Å². The highest BCUT2D eigenvalue weighted by molar-refractivity contribution is 6.30. The van der Waals surface area contributed by atoms with Crippen LogP contribution in [0.4, 0.5) is 15.9 Å². The van der Waals surface area contributed by atoms with Crippen LogP contribution in [0.2, 0.25) is 5.02 Å². The van der Waals surface area contributed by atoms with Crippen molar-refractivity contribution >= 4 is 29.0 Å². The van der Waals surface area contributed by atoms with E-state index in [0.29, 0.717) is 16.4 Å². The minimum Gasteiger partial charge on any atom is -0.398 e. The molecule has 0 fully saturated rings. The molecule has 0 atom stereocenters. The number of carbonyl (C=O) groups is 1. The lowest BCUT2D eigenvalue weighted by atomic mass is 10.1. The standard InChI is InChI=1S/C13H11ClFN3O/c1-7-10(15)4-8(5-11(7)16)13(19)18-12-3-2-9(14)6-17-12/h2-6H,16H2,1H3,(H,17,18,19). The highest BCUT2D eigenvalue weighted by atomic mass is 35.5. The lowest BCUT2D eigenvalue weighted by molar-refractivity contribution is 0.102. The maximum Gasteiger partial charge on any atom is 0.256 e. The van der Waals surface area contributed by atoms with Crippen LogP contribution < -0.4 is 11.1 Å². The Bertz CT molecular complexity index is 605. The van der Waals surface area contributed by atoms with Gasteiger partial charge in [-0.15, -0.1) is 0 Å². The molecule has 0 bridgehead atoms. The van der Waals surface area contributed by atoms with Gasteiger partial charge >= 0.3 is 0 Å². The van der Waals surface area contributed by atoms with Gasteiger partial charge in [0.1, 0.15) is 11.6 Å². The fraction of sp³-hybridized carbons (Fsp3) is 0.0769. The van der Waals surface area contributed by atoms with Crippen molar-refractivity contribution in [3.63, 3.8) is 0 Å². The molecular weight excluding hydrogens is 269 g/mol. The molecule has 0 aliphatic heterocycles. The van der Waals surface area contributed by atoms with Crippen molar-refractivity contribution in [2.75, 3.05) is 11.1 Å². The first-order valence-electron chi connectivity index (χ1n) is 5.46. The van der Waals surface area contributed by atoms with Gasteiger partial charge in [-0.2, -0.15) is 0 Å². The fourth-order valence-corrected chi connectivity index (χ4v) is 1.58. The molecule has 6 heteroatoms. The predicted octanol–water partition coefficient (Wildman–Crippen LogP) is 3.02. The van der Waals surface area contributed by atoms with Crippen molar-refractivity contribution in [2.45, 2.75) is 6.92 Å². The minimum atomic E-state index is -0.519. The zero-order valence-electron chi connectivity index (χ0n) is 10.1. The van der Waals surface area contributed by atoms with E-state index >= 15 is 0 Å². The molecule has 19 heavy (non-hydrogen) atoms. The first-order valence-corrected chi connectivity index (χ1v) is 5.83. The second-order valence-electron chi connectivity index (χ2n) is 3.99. The van der Waals surface area contributed by atoms with Crippen molar-refractivity contribution in [3.05, 3.63) is 52.4 Å². The number of hydrogen-bond donors (Lipinski definition) is 2. The Labute approximate surface area is 114 Å². The van der Waals surface area contributed by atoms with Crippen LogP contribution in [0, 0.1) is 12.7 Å². The first kappa shape index (κ1) is 13.3. The summed E-state index contributed by atoms with van der Waals surface area (Å²) >= 11 is 5.68. The van der Waals surface area contributed by atoms with E-state index < -0.39 is 11.7 Å².